The number of carbonyl (C=O) groups excluding carboxylic acids is 4. The van der Waals surface area contributed by atoms with Crippen LogP contribution in [0.1, 0.15) is 43.1 Å². The van der Waals surface area contributed by atoms with E-state index in [4.69, 9.17) is 10.4 Å². The lowest BCUT2D eigenvalue weighted by Crippen LogP contribution is -2.60. The third kappa shape index (κ3) is 5.07. The van der Waals surface area contributed by atoms with Gasteiger partial charge in [0, 0.05) is 36.7 Å². The number of urea groups is 1. The minimum absolute atomic E-state index is 0.0000156. The second-order valence-electron chi connectivity index (χ2n) is 9.25. The first-order valence-corrected chi connectivity index (χ1v) is 12.5. The number of hydrogen-bond acceptors (Lipinski definition) is 9. The van der Waals surface area contributed by atoms with Crippen LogP contribution in [0.4, 0.5) is 9.93 Å². The number of fused-ring (bicyclic) bond motifs is 1. The molecule has 1 unspecified atom stereocenters. The highest BCUT2D eigenvalue weighted by atomic mass is 32.1. The molecule has 1 saturated heterocycles. The molecule has 4 rings (SSSR count). The second kappa shape index (κ2) is 10.3. The Labute approximate surface area is 212 Å². The number of nitrogens with zero attached hydrogens (tertiary/aromatic N) is 3. The first-order valence-electron chi connectivity index (χ1n) is 11.7. The van der Waals surface area contributed by atoms with Crippen LogP contribution in [0.25, 0.3) is 0 Å². The lowest BCUT2D eigenvalue weighted by molar-refractivity contribution is -0.155. The van der Waals surface area contributed by atoms with Crippen LogP contribution in [0.15, 0.2) is 23.6 Å². The number of imide groups is 1. The standard InChI is InChI=1S/C23H28BN5O6S/c1-12(2)28-7-8-29(21(32)20(28)31)23(33)27-18(16-11-36-22(25)26-16)17(30)10-15-9-14-6-4-5-13(3)19(14)35-24(15)34/h4-6,11-12,15,18,34H,7-10H2,1-3H3,(H2,25,26)(H,27,33)/t15-,18?/m1/s1. The number of aryl methyl sites for hydroxylation is 1. The minimum atomic E-state index is -1.22. The molecule has 0 aliphatic carbocycles. The van der Waals surface area contributed by atoms with Gasteiger partial charge in [-0.3, -0.25) is 19.3 Å². The third-order valence-electron chi connectivity index (χ3n) is 6.43. The van der Waals surface area contributed by atoms with Gasteiger partial charge in [0.25, 0.3) is 0 Å². The van der Waals surface area contributed by atoms with Gasteiger partial charge in [-0.25, -0.2) is 9.78 Å². The second-order valence-corrected chi connectivity index (χ2v) is 10.1. The molecular weight excluding hydrogens is 485 g/mol. The molecule has 0 saturated carbocycles. The molecule has 11 nitrogen and oxygen atoms in total. The summed E-state index contributed by atoms with van der Waals surface area (Å²) in [7, 11) is -1.21. The van der Waals surface area contributed by atoms with E-state index in [2.05, 4.69) is 10.3 Å². The van der Waals surface area contributed by atoms with Crippen molar-refractivity contribution in [2.45, 2.75) is 51.5 Å². The molecule has 3 heterocycles. The van der Waals surface area contributed by atoms with E-state index < -0.39 is 42.6 Å². The maximum Gasteiger partial charge on any atom is 0.526 e. The number of aromatic nitrogens is 1. The molecule has 1 fully saturated rings. The van der Waals surface area contributed by atoms with E-state index in [1.54, 1.807) is 19.2 Å². The van der Waals surface area contributed by atoms with Gasteiger partial charge in [-0.1, -0.05) is 18.2 Å². The Morgan fingerprint density at radius 2 is 2.06 bits per heavy atom. The molecule has 36 heavy (non-hydrogen) atoms. The Morgan fingerprint density at radius 1 is 1.31 bits per heavy atom. The van der Waals surface area contributed by atoms with Gasteiger partial charge < -0.3 is 25.6 Å². The third-order valence-corrected chi connectivity index (χ3v) is 7.12. The van der Waals surface area contributed by atoms with Gasteiger partial charge >= 0.3 is 25.0 Å². The Bertz CT molecular complexity index is 1200. The van der Waals surface area contributed by atoms with Crippen molar-refractivity contribution in [1.29, 1.82) is 0 Å². The highest BCUT2D eigenvalue weighted by Gasteiger charge is 2.41. The maximum atomic E-state index is 13.4. The Kier molecular flexibility index (Phi) is 7.32. The molecule has 1 aromatic carbocycles. The van der Waals surface area contributed by atoms with Crippen molar-refractivity contribution in [3.8, 4) is 5.75 Å². The summed E-state index contributed by atoms with van der Waals surface area (Å²) < 4.78 is 5.68. The summed E-state index contributed by atoms with van der Waals surface area (Å²) in [6.07, 6.45) is 0.291. The lowest BCUT2D eigenvalue weighted by Gasteiger charge is -2.35. The van der Waals surface area contributed by atoms with Crippen molar-refractivity contribution >= 4 is 47.2 Å². The zero-order valence-electron chi connectivity index (χ0n) is 20.3. The molecule has 2 aliphatic heterocycles. The van der Waals surface area contributed by atoms with E-state index >= 15 is 0 Å². The number of para-hydroxylation sites is 1. The number of anilines is 1. The van der Waals surface area contributed by atoms with Crippen molar-refractivity contribution in [2.24, 2.45) is 0 Å². The van der Waals surface area contributed by atoms with Crippen molar-refractivity contribution in [1.82, 2.24) is 20.1 Å². The van der Waals surface area contributed by atoms with E-state index in [0.717, 1.165) is 27.4 Å². The molecule has 13 heteroatoms. The van der Waals surface area contributed by atoms with Crippen LogP contribution in [-0.2, 0) is 20.8 Å². The Hall–Kier alpha value is -3.45. The first-order chi connectivity index (χ1) is 17.1. The number of piperazine rings is 1. The highest BCUT2D eigenvalue weighted by molar-refractivity contribution is 7.13. The number of thiazole rings is 1. The fraction of sp³-hybridized carbons (Fsp3) is 0.435. The van der Waals surface area contributed by atoms with Crippen molar-refractivity contribution < 1.29 is 28.9 Å². The number of nitrogen functional groups attached to an aromatic ring is 1. The normalized spacial score (nSPS) is 18.7. The van der Waals surface area contributed by atoms with Gasteiger partial charge in [0.1, 0.15) is 11.8 Å². The van der Waals surface area contributed by atoms with Gasteiger partial charge in [0.05, 0.1) is 5.69 Å². The van der Waals surface area contributed by atoms with Gasteiger partial charge in [0.15, 0.2) is 10.9 Å². The number of rotatable bonds is 6. The fourth-order valence-corrected chi connectivity index (χ4v) is 5.07. The number of nitrogens with one attached hydrogen (secondary N) is 1. The predicted octanol–water partition coefficient (Wildman–Crippen LogP) is 1.31. The van der Waals surface area contributed by atoms with Crippen molar-refractivity contribution in [3.63, 3.8) is 0 Å². The molecule has 0 radical (unpaired) electrons. The molecule has 190 valence electrons. The summed E-state index contributed by atoms with van der Waals surface area (Å²) in [5, 5.41) is 14.9. The van der Waals surface area contributed by atoms with E-state index in [0.29, 0.717) is 12.2 Å². The molecular formula is C23H28BN5O6S. The van der Waals surface area contributed by atoms with E-state index in [1.807, 2.05) is 25.1 Å². The van der Waals surface area contributed by atoms with Crippen molar-refractivity contribution in [2.75, 3.05) is 18.8 Å². The lowest BCUT2D eigenvalue weighted by atomic mass is 9.64. The molecule has 0 spiro atoms. The summed E-state index contributed by atoms with van der Waals surface area (Å²) in [4.78, 5) is 57.8. The molecule has 2 aliphatic rings. The smallest absolute Gasteiger partial charge is 0.526 e. The summed E-state index contributed by atoms with van der Waals surface area (Å²) in [5.74, 6) is -2.12. The molecule has 1 aromatic heterocycles. The summed E-state index contributed by atoms with van der Waals surface area (Å²) >= 11 is 1.10. The van der Waals surface area contributed by atoms with Gasteiger partial charge in [-0.15, -0.1) is 11.3 Å². The van der Waals surface area contributed by atoms with Gasteiger partial charge in [-0.2, -0.15) is 0 Å². The number of amides is 4. The molecule has 2 aromatic rings. The van der Waals surface area contributed by atoms with Crippen LogP contribution in [0.2, 0.25) is 5.82 Å². The number of benzene rings is 1. The number of hydrogen-bond donors (Lipinski definition) is 3. The van der Waals surface area contributed by atoms with Crippen LogP contribution in [0.5, 0.6) is 5.75 Å². The minimum Gasteiger partial charge on any atom is -0.536 e. The van der Waals surface area contributed by atoms with E-state index in [1.165, 1.54) is 4.90 Å². The summed E-state index contributed by atoms with van der Waals surface area (Å²) in [5.41, 5.74) is 7.74. The zero-order chi connectivity index (χ0) is 26.1. The first kappa shape index (κ1) is 25.6. The SMILES string of the molecule is Cc1cccc2c1OB(O)[C@@H](CC(=O)C(NC(=O)N1CCN(C(C)C)C(=O)C1=O)c1csc(N)n1)C2. The van der Waals surface area contributed by atoms with Crippen molar-refractivity contribution in [3.05, 3.63) is 40.4 Å². The zero-order valence-corrected chi connectivity index (χ0v) is 21.1. The van der Waals surface area contributed by atoms with E-state index in [9.17, 15) is 24.2 Å². The fourth-order valence-electron chi connectivity index (χ4n) is 4.48. The molecule has 2 atom stereocenters. The maximum absolute atomic E-state index is 13.4. The van der Waals surface area contributed by atoms with Crippen LogP contribution < -0.4 is 15.7 Å². The van der Waals surface area contributed by atoms with Crippen LogP contribution in [0.3, 0.4) is 0 Å². The Balaban J connectivity index is 1.51. The van der Waals surface area contributed by atoms with Crippen LogP contribution in [0, 0.1) is 6.92 Å². The topological polar surface area (TPSA) is 155 Å². The van der Waals surface area contributed by atoms with Gasteiger partial charge in [-0.05, 0) is 38.3 Å². The monoisotopic (exact) mass is 513 g/mol. The molecule has 4 amide bonds. The highest BCUT2D eigenvalue weighted by Crippen LogP contribution is 2.37. The average molecular weight is 513 g/mol. The molecule has 0 bridgehead atoms. The Morgan fingerprint density at radius 3 is 2.72 bits per heavy atom. The number of ketones is 1. The molecule has 4 N–H and O–H groups in total. The average Bonchev–Trinajstić information content (AvgIpc) is 3.25. The van der Waals surface area contributed by atoms with Crippen LogP contribution in [-0.4, -0.2) is 69.7 Å². The number of carbonyl (C=O) groups is 4. The predicted molar refractivity (Wildman–Crippen MR) is 133 cm³/mol. The number of Topliss-reactive ketones (excluding diaryl/α,β-unsaturated/α-hetero) is 1. The van der Waals surface area contributed by atoms with E-state index in [-0.39, 0.29) is 36.4 Å². The van der Waals surface area contributed by atoms with Crippen LogP contribution >= 0.6 is 11.3 Å². The quantitative estimate of drug-likeness (QED) is 0.386. The number of nitrogens with two attached hydrogens (primary N) is 1. The van der Waals surface area contributed by atoms with Gasteiger partial charge in [0.2, 0.25) is 0 Å². The summed E-state index contributed by atoms with van der Waals surface area (Å²) in [6.45, 7) is 5.64. The largest absolute Gasteiger partial charge is 0.536 e. The summed E-state index contributed by atoms with van der Waals surface area (Å²) in [6, 6.07) is 3.36.